The Morgan fingerprint density at radius 2 is 2.00 bits per heavy atom. The van der Waals surface area contributed by atoms with Crippen LogP contribution in [0.4, 0.5) is 0 Å². The fourth-order valence-electron chi connectivity index (χ4n) is 1.75. The molecule has 18 heavy (non-hydrogen) atoms. The summed E-state index contributed by atoms with van der Waals surface area (Å²) in [6.45, 7) is 4.13. The number of aromatic amines is 1. The molecule has 0 bridgehead atoms. The molecule has 4 heteroatoms. The molecule has 94 valence electrons. The van der Waals surface area contributed by atoms with Gasteiger partial charge in [-0.3, -0.25) is 0 Å². The molecule has 0 amide bonds. The Labute approximate surface area is 106 Å². The summed E-state index contributed by atoms with van der Waals surface area (Å²) in [5.74, 6) is 0.431. The molecule has 0 unspecified atom stereocenters. The van der Waals surface area contributed by atoms with E-state index in [-0.39, 0.29) is 5.97 Å². The average Bonchev–Trinajstić information content (AvgIpc) is 2.84. The molecule has 0 saturated heterocycles. The van der Waals surface area contributed by atoms with Crippen LogP contribution >= 0.6 is 0 Å². The zero-order chi connectivity index (χ0) is 13.0. The number of aryl methyl sites for hydroxylation is 1. The highest BCUT2D eigenvalue weighted by Gasteiger charge is 2.18. The zero-order valence-electron chi connectivity index (χ0n) is 10.6. The quantitative estimate of drug-likeness (QED) is 0.841. The lowest BCUT2D eigenvalue weighted by molar-refractivity contribution is 0.0521. The first-order chi connectivity index (χ1) is 8.76. The summed E-state index contributed by atoms with van der Waals surface area (Å²) in [6, 6.07) is 9.63. The van der Waals surface area contributed by atoms with Gasteiger partial charge in [0.2, 0.25) is 0 Å². The minimum Gasteiger partial charge on any atom is -0.461 e. The van der Waals surface area contributed by atoms with Gasteiger partial charge in [0.15, 0.2) is 5.69 Å². The van der Waals surface area contributed by atoms with Gasteiger partial charge in [0.05, 0.1) is 6.61 Å². The number of nitrogens with one attached hydrogen (secondary N) is 1. The van der Waals surface area contributed by atoms with Crippen molar-refractivity contribution in [2.24, 2.45) is 0 Å². The molecule has 1 heterocycles. The van der Waals surface area contributed by atoms with Crippen LogP contribution in [0.25, 0.3) is 11.3 Å². The topological polar surface area (TPSA) is 55.0 Å². The molecule has 4 nitrogen and oxygen atoms in total. The highest BCUT2D eigenvalue weighted by molar-refractivity contribution is 5.94. The normalized spacial score (nSPS) is 10.3. The van der Waals surface area contributed by atoms with Crippen molar-refractivity contribution < 1.29 is 9.53 Å². The van der Waals surface area contributed by atoms with Crippen molar-refractivity contribution in [3.8, 4) is 11.3 Å². The first-order valence-electron chi connectivity index (χ1n) is 6.07. The molecular formula is C14H16N2O2. The van der Waals surface area contributed by atoms with E-state index in [1.165, 1.54) is 0 Å². The van der Waals surface area contributed by atoms with Crippen LogP contribution in [0.5, 0.6) is 0 Å². The highest BCUT2D eigenvalue weighted by atomic mass is 16.5. The number of imidazole rings is 1. The van der Waals surface area contributed by atoms with E-state index >= 15 is 0 Å². The number of hydrogen-bond acceptors (Lipinski definition) is 3. The van der Waals surface area contributed by atoms with Gasteiger partial charge in [-0.2, -0.15) is 0 Å². The predicted molar refractivity (Wildman–Crippen MR) is 69.4 cm³/mol. The highest BCUT2D eigenvalue weighted by Crippen LogP contribution is 2.22. The summed E-state index contributed by atoms with van der Waals surface area (Å²) in [5, 5.41) is 0. The van der Waals surface area contributed by atoms with Gasteiger partial charge in [-0.25, -0.2) is 9.78 Å². The van der Waals surface area contributed by atoms with Gasteiger partial charge < -0.3 is 9.72 Å². The molecule has 0 aliphatic heterocycles. The number of ether oxygens (including phenoxy) is 1. The van der Waals surface area contributed by atoms with Gasteiger partial charge in [-0.05, 0) is 6.92 Å². The van der Waals surface area contributed by atoms with E-state index in [9.17, 15) is 4.79 Å². The monoisotopic (exact) mass is 244 g/mol. The molecule has 1 N–H and O–H groups in total. The average molecular weight is 244 g/mol. The Morgan fingerprint density at radius 3 is 2.61 bits per heavy atom. The second kappa shape index (κ2) is 5.49. The summed E-state index contributed by atoms with van der Waals surface area (Å²) in [5.41, 5.74) is 2.00. The number of hydrogen-bond donors (Lipinski definition) is 1. The Bertz CT molecular complexity index is 532. The third kappa shape index (κ3) is 2.42. The molecule has 2 aromatic rings. The first-order valence-corrected chi connectivity index (χ1v) is 6.07. The van der Waals surface area contributed by atoms with E-state index in [0.29, 0.717) is 18.0 Å². The van der Waals surface area contributed by atoms with Crippen LogP contribution in [-0.2, 0) is 11.2 Å². The second-order valence-corrected chi connectivity index (χ2v) is 3.85. The summed E-state index contributed by atoms with van der Waals surface area (Å²) in [4.78, 5) is 19.3. The molecule has 2 rings (SSSR count). The summed E-state index contributed by atoms with van der Waals surface area (Å²) >= 11 is 0. The van der Waals surface area contributed by atoms with E-state index in [4.69, 9.17) is 4.74 Å². The summed E-state index contributed by atoms with van der Waals surface area (Å²) in [7, 11) is 0. The lowest BCUT2D eigenvalue weighted by Crippen LogP contribution is -2.06. The molecular weight excluding hydrogens is 228 g/mol. The van der Waals surface area contributed by atoms with Crippen molar-refractivity contribution >= 4 is 5.97 Å². The fraction of sp³-hybridized carbons (Fsp3) is 0.286. The third-order valence-corrected chi connectivity index (χ3v) is 2.61. The number of rotatable bonds is 4. The van der Waals surface area contributed by atoms with Crippen LogP contribution in [0.15, 0.2) is 30.3 Å². The first kappa shape index (κ1) is 12.4. The van der Waals surface area contributed by atoms with Crippen LogP contribution < -0.4 is 0 Å². The number of carbonyl (C=O) groups is 1. The molecule has 0 aliphatic rings. The number of aromatic nitrogens is 2. The standard InChI is InChI=1S/C14H16N2O2/c1-3-11-15-12(10-8-6-5-7-9-10)13(16-11)14(17)18-4-2/h5-9H,3-4H2,1-2H3,(H,15,16). The number of nitrogens with zero attached hydrogens (tertiary/aromatic N) is 1. The van der Waals surface area contributed by atoms with Crippen molar-refractivity contribution in [2.45, 2.75) is 20.3 Å². The van der Waals surface area contributed by atoms with E-state index in [1.807, 2.05) is 37.3 Å². The lowest BCUT2D eigenvalue weighted by atomic mass is 10.1. The van der Waals surface area contributed by atoms with Crippen molar-refractivity contribution in [3.05, 3.63) is 41.9 Å². The maximum absolute atomic E-state index is 11.9. The number of H-pyrrole nitrogens is 1. The van der Waals surface area contributed by atoms with Gasteiger partial charge in [-0.15, -0.1) is 0 Å². The van der Waals surface area contributed by atoms with Crippen LogP contribution in [0.3, 0.4) is 0 Å². The number of benzene rings is 1. The Balaban J connectivity index is 2.45. The van der Waals surface area contributed by atoms with Crippen LogP contribution in [0, 0.1) is 0 Å². The molecule has 0 saturated carbocycles. The fourth-order valence-corrected chi connectivity index (χ4v) is 1.75. The van der Waals surface area contributed by atoms with Crippen LogP contribution in [0.2, 0.25) is 0 Å². The van der Waals surface area contributed by atoms with Crippen LogP contribution in [0.1, 0.15) is 30.2 Å². The zero-order valence-corrected chi connectivity index (χ0v) is 10.6. The molecule has 0 radical (unpaired) electrons. The predicted octanol–water partition coefficient (Wildman–Crippen LogP) is 2.82. The van der Waals surface area contributed by atoms with E-state index in [0.717, 1.165) is 17.8 Å². The molecule has 0 spiro atoms. The van der Waals surface area contributed by atoms with E-state index < -0.39 is 0 Å². The van der Waals surface area contributed by atoms with Crippen molar-refractivity contribution in [2.75, 3.05) is 6.61 Å². The molecule has 0 aliphatic carbocycles. The molecule has 1 aromatic heterocycles. The lowest BCUT2D eigenvalue weighted by Gasteiger charge is -2.02. The minimum atomic E-state index is -0.358. The Kier molecular flexibility index (Phi) is 3.77. The van der Waals surface area contributed by atoms with Gasteiger partial charge in [0, 0.05) is 12.0 Å². The molecule has 0 atom stereocenters. The minimum absolute atomic E-state index is 0.355. The summed E-state index contributed by atoms with van der Waals surface area (Å²) < 4.78 is 5.04. The van der Waals surface area contributed by atoms with Gasteiger partial charge >= 0.3 is 5.97 Å². The molecule has 0 fully saturated rings. The summed E-state index contributed by atoms with van der Waals surface area (Å²) in [6.07, 6.45) is 0.749. The Morgan fingerprint density at radius 1 is 1.28 bits per heavy atom. The van der Waals surface area contributed by atoms with Crippen molar-refractivity contribution in [3.63, 3.8) is 0 Å². The Hall–Kier alpha value is -2.10. The van der Waals surface area contributed by atoms with Gasteiger partial charge in [-0.1, -0.05) is 37.3 Å². The van der Waals surface area contributed by atoms with Gasteiger partial charge in [0.1, 0.15) is 11.5 Å². The van der Waals surface area contributed by atoms with Crippen molar-refractivity contribution in [1.82, 2.24) is 9.97 Å². The van der Waals surface area contributed by atoms with Crippen LogP contribution in [-0.4, -0.2) is 22.5 Å². The maximum atomic E-state index is 11.9. The second-order valence-electron chi connectivity index (χ2n) is 3.85. The number of esters is 1. The van der Waals surface area contributed by atoms with E-state index in [2.05, 4.69) is 9.97 Å². The van der Waals surface area contributed by atoms with E-state index in [1.54, 1.807) is 6.92 Å². The SMILES string of the molecule is CCOC(=O)c1[nH]c(CC)nc1-c1ccccc1. The van der Waals surface area contributed by atoms with Gasteiger partial charge in [0.25, 0.3) is 0 Å². The van der Waals surface area contributed by atoms with Crippen molar-refractivity contribution in [1.29, 1.82) is 0 Å². The maximum Gasteiger partial charge on any atom is 0.357 e. The molecule has 1 aromatic carbocycles. The smallest absolute Gasteiger partial charge is 0.357 e. The third-order valence-electron chi connectivity index (χ3n) is 2.61. The largest absolute Gasteiger partial charge is 0.461 e. The number of carbonyl (C=O) groups excluding carboxylic acids is 1.